The molecule has 0 aliphatic carbocycles. The molecule has 98 valence electrons. The van der Waals surface area contributed by atoms with Crippen LogP contribution in [0.25, 0.3) is 0 Å². The number of guanidine groups is 1. The summed E-state index contributed by atoms with van der Waals surface area (Å²) >= 11 is 12.0. The third-order valence-electron chi connectivity index (χ3n) is 2.34. The van der Waals surface area contributed by atoms with E-state index in [2.05, 4.69) is 15.7 Å². The van der Waals surface area contributed by atoms with Gasteiger partial charge < -0.3 is 5.32 Å². The fraction of sp³-hybridized carbons (Fsp3) is 0. The molecule has 0 bridgehead atoms. The van der Waals surface area contributed by atoms with Gasteiger partial charge in [0.05, 0.1) is 15.7 Å². The zero-order valence-electron chi connectivity index (χ0n) is 9.90. The van der Waals surface area contributed by atoms with Crippen LogP contribution in [-0.4, -0.2) is 5.96 Å². The SMILES string of the molecule is NNC(=Nc1cccc(Cl)c1Cl)Nc1ccccc1. The Morgan fingerprint density at radius 2 is 1.74 bits per heavy atom. The number of para-hydroxylation sites is 1. The van der Waals surface area contributed by atoms with Crippen LogP contribution in [0.5, 0.6) is 0 Å². The van der Waals surface area contributed by atoms with E-state index in [1.807, 2.05) is 30.3 Å². The van der Waals surface area contributed by atoms with Gasteiger partial charge in [-0.2, -0.15) is 0 Å². The van der Waals surface area contributed by atoms with Crippen molar-refractivity contribution in [2.75, 3.05) is 5.32 Å². The molecule has 0 radical (unpaired) electrons. The average Bonchev–Trinajstić information content (AvgIpc) is 2.44. The number of anilines is 1. The van der Waals surface area contributed by atoms with Crippen LogP contribution in [0, 0.1) is 0 Å². The molecule has 0 aromatic heterocycles. The van der Waals surface area contributed by atoms with Gasteiger partial charge in [0.25, 0.3) is 0 Å². The summed E-state index contributed by atoms with van der Waals surface area (Å²) in [5.74, 6) is 5.81. The maximum absolute atomic E-state index is 6.06. The molecule has 6 heteroatoms. The van der Waals surface area contributed by atoms with Crippen LogP contribution in [0.4, 0.5) is 11.4 Å². The summed E-state index contributed by atoms with van der Waals surface area (Å²) in [6.45, 7) is 0. The van der Waals surface area contributed by atoms with Gasteiger partial charge in [0.2, 0.25) is 5.96 Å². The zero-order valence-corrected chi connectivity index (χ0v) is 11.4. The molecule has 0 unspecified atom stereocenters. The predicted octanol–water partition coefficient (Wildman–Crippen LogP) is 3.56. The summed E-state index contributed by atoms with van der Waals surface area (Å²) in [5, 5.41) is 3.86. The second kappa shape index (κ2) is 6.43. The van der Waals surface area contributed by atoms with Gasteiger partial charge >= 0.3 is 0 Å². The van der Waals surface area contributed by atoms with Gasteiger partial charge in [-0.1, -0.05) is 47.5 Å². The number of halogens is 2. The number of aliphatic imine (C=N–C) groups is 1. The number of hydrogen-bond donors (Lipinski definition) is 3. The highest BCUT2D eigenvalue weighted by Crippen LogP contribution is 2.31. The van der Waals surface area contributed by atoms with E-state index in [4.69, 9.17) is 29.0 Å². The summed E-state index contributed by atoms with van der Waals surface area (Å²) in [5.41, 5.74) is 3.87. The predicted molar refractivity (Wildman–Crippen MR) is 80.9 cm³/mol. The molecule has 0 heterocycles. The Kier molecular flexibility index (Phi) is 4.63. The fourth-order valence-corrected chi connectivity index (χ4v) is 1.79. The summed E-state index contributed by atoms with van der Waals surface area (Å²) in [7, 11) is 0. The summed E-state index contributed by atoms with van der Waals surface area (Å²) in [4.78, 5) is 4.29. The van der Waals surface area contributed by atoms with Gasteiger partial charge in [0.1, 0.15) is 0 Å². The minimum Gasteiger partial charge on any atom is -0.325 e. The summed E-state index contributed by atoms with van der Waals surface area (Å²) < 4.78 is 0. The Morgan fingerprint density at radius 3 is 2.42 bits per heavy atom. The first kappa shape index (κ1) is 13.7. The molecule has 0 aliphatic heterocycles. The van der Waals surface area contributed by atoms with E-state index >= 15 is 0 Å². The zero-order chi connectivity index (χ0) is 13.7. The highest BCUT2D eigenvalue weighted by Gasteiger charge is 2.05. The minimum atomic E-state index is 0.371. The minimum absolute atomic E-state index is 0.371. The first-order valence-electron chi connectivity index (χ1n) is 5.52. The maximum atomic E-state index is 6.06. The van der Waals surface area contributed by atoms with Gasteiger partial charge in [0.15, 0.2) is 0 Å². The van der Waals surface area contributed by atoms with Gasteiger partial charge in [-0.25, -0.2) is 10.8 Å². The molecule has 0 spiro atoms. The second-order valence-electron chi connectivity index (χ2n) is 3.67. The quantitative estimate of drug-likeness (QED) is 0.343. The van der Waals surface area contributed by atoms with E-state index in [1.165, 1.54) is 0 Å². The Labute approximate surface area is 121 Å². The van der Waals surface area contributed by atoms with Crippen molar-refractivity contribution >= 4 is 40.5 Å². The van der Waals surface area contributed by atoms with Crippen molar-refractivity contribution in [1.29, 1.82) is 0 Å². The standard InChI is InChI=1S/C13H12Cl2N4/c14-10-7-4-8-11(12(10)15)18-13(19-16)17-9-5-2-1-3-6-9/h1-8H,16H2,(H2,17,18,19). The summed E-state index contributed by atoms with van der Waals surface area (Å²) in [6, 6.07) is 14.7. The van der Waals surface area contributed by atoms with Gasteiger partial charge in [-0.3, -0.25) is 5.43 Å². The smallest absolute Gasteiger partial charge is 0.215 e. The molecule has 0 saturated heterocycles. The Balaban J connectivity index is 2.26. The molecular formula is C13H12Cl2N4. The number of benzene rings is 2. The summed E-state index contributed by atoms with van der Waals surface area (Å²) in [6.07, 6.45) is 0. The monoisotopic (exact) mass is 294 g/mol. The third kappa shape index (κ3) is 3.61. The van der Waals surface area contributed by atoms with Crippen molar-refractivity contribution in [1.82, 2.24) is 5.43 Å². The lowest BCUT2D eigenvalue weighted by Crippen LogP contribution is -2.35. The Bertz CT molecular complexity index is 584. The normalized spacial score (nSPS) is 11.2. The van der Waals surface area contributed by atoms with Gasteiger partial charge in [0, 0.05) is 5.69 Å². The lowest BCUT2D eigenvalue weighted by Gasteiger charge is -2.09. The number of nitrogens with one attached hydrogen (secondary N) is 2. The largest absolute Gasteiger partial charge is 0.325 e. The molecule has 0 atom stereocenters. The molecule has 4 nitrogen and oxygen atoms in total. The van der Waals surface area contributed by atoms with Crippen LogP contribution in [0.1, 0.15) is 0 Å². The molecule has 2 aromatic carbocycles. The van der Waals surface area contributed by atoms with Crippen LogP contribution < -0.4 is 16.6 Å². The number of nitrogens with zero attached hydrogens (tertiary/aromatic N) is 1. The third-order valence-corrected chi connectivity index (χ3v) is 3.15. The molecule has 0 fully saturated rings. The van der Waals surface area contributed by atoms with E-state index in [0.717, 1.165) is 5.69 Å². The van der Waals surface area contributed by atoms with Crippen LogP contribution >= 0.6 is 23.2 Å². The molecule has 0 amide bonds. The van der Waals surface area contributed by atoms with Crippen molar-refractivity contribution in [3.63, 3.8) is 0 Å². The molecule has 0 saturated carbocycles. The van der Waals surface area contributed by atoms with Crippen molar-refractivity contribution in [2.45, 2.75) is 0 Å². The lowest BCUT2D eigenvalue weighted by atomic mass is 10.3. The van der Waals surface area contributed by atoms with E-state index in [-0.39, 0.29) is 0 Å². The van der Waals surface area contributed by atoms with Crippen LogP contribution in [0.15, 0.2) is 53.5 Å². The Morgan fingerprint density at radius 1 is 1.00 bits per heavy atom. The van der Waals surface area contributed by atoms with Crippen LogP contribution in [0.2, 0.25) is 10.0 Å². The van der Waals surface area contributed by atoms with Gasteiger partial charge in [-0.15, -0.1) is 0 Å². The first-order valence-corrected chi connectivity index (χ1v) is 6.27. The van der Waals surface area contributed by atoms with E-state index in [9.17, 15) is 0 Å². The van der Waals surface area contributed by atoms with Crippen molar-refractivity contribution in [3.8, 4) is 0 Å². The lowest BCUT2D eigenvalue weighted by molar-refractivity contribution is 1.02. The highest BCUT2D eigenvalue weighted by atomic mass is 35.5. The average molecular weight is 295 g/mol. The first-order chi connectivity index (χ1) is 9.20. The van der Waals surface area contributed by atoms with Crippen molar-refractivity contribution < 1.29 is 0 Å². The molecule has 4 N–H and O–H groups in total. The molecule has 19 heavy (non-hydrogen) atoms. The number of hydrogen-bond acceptors (Lipinski definition) is 2. The van der Waals surface area contributed by atoms with Crippen LogP contribution in [-0.2, 0) is 0 Å². The molecule has 2 rings (SSSR count). The van der Waals surface area contributed by atoms with E-state index in [1.54, 1.807) is 18.2 Å². The number of hydrazine groups is 1. The topological polar surface area (TPSA) is 62.4 Å². The molecular weight excluding hydrogens is 283 g/mol. The van der Waals surface area contributed by atoms with Crippen molar-refractivity contribution in [3.05, 3.63) is 58.6 Å². The van der Waals surface area contributed by atoms with E-state index < -0.39 is 0 Å². The van der Waals surface area contributed by atoms with Crippen molar-refractivity contribution in [2.24, 2.45) is 10.8 Å². The molecule has 2 aromatic rings. The highest BCUT2D eigenvalue weighted by molar-refractivity contribution is 6.43. The maximum Gasteiger partial charge on any atom is 0.215 e. The Hall–Kier alpha value is -1.75. The fourth-order valence-electron chi connectivity index (χ4n) is 1.45. The number of nitrogens with two attached hydrogens (primary N) is 1. The number of rotatable bonds is 2. The second-order valence-corrected chi connectivity index (χ2v) is 4.45. The molecule has 0 aliphatic rings. The van der Waals surface area contributed by atoms with E-state index in [0.29, 0.717) is 21.7 Å². The van der Waals surface area contributed by atoms with Gasteiger partial charge in [-0.05, 0) is 24.3 Å². The van der Waals surface area contributed by atoms with Crippen LogP contribution in [0.3, 0.4) is 0 Å².